The molecular weight excluding hydrogens is 411 g/mol. The van der Waals surface area contributed by atoms with Crippen LogP contribution in [0.3, 0.4) is 0 Å². The summed E-state index contributed by atoms with van der Waals surface area (Å²) >= 11 is 0. The third-order valence-corrected chi connectivity index (χ3v) is 6.10. The lowest BCUT2D eigenvalue weighted by Crippen LogP contribution is -2.33. The number of methoxy groups -OCH3 is 2. The number of likely N-dealkylation sites (tertiary alicyclic amines) is 2. The van der Waals surface area contributed by atoms with Crippen molar-refractivity contribution >= 4 is 18.3 Å². The number of hydrogen-bond donors (Lipinski definition) is 1. The lowest BCUT2D eigenvalue weighted by atomic mass is 9.89. The van der Waals surface area contributed by atoms with E-state index in [4.69, 9.17) is 9.47 Å². The SMILES string of the molecule is COc1cc(C(=O)N2C[C@@H]3CN(C)[C@@H](c4cccc(F)c4)[C@@H]3C2)cc(OC)c1O.Cl. The quantitative estimate of drug-likeness (QED) is 0.796. The van der Waals surface area contributed by atoms with E-state index >= 15 is 0 Å². The summed E-state index contributed by atoms with van der Waals surface area (Å²) in [6.07, 6.45) is 0. The van der Waals surface area contributed by atoms with Gasteiger partial charge < -0.3 is 19.5 Å². The Bertz CT molecular complexity index is 916. The minimum atomic E-state index is -0.242. The largest absolute Gasteiger partial charge is 0.502 e. The van der Waals surface area contributed by atoms with Gasteiger partial charge in [0.05, 0.1) is 14.2 Å². The maximum Gasteiger partial charge on any atom is 0.254 e. The summed E-state index contributed by atoms with van der Waals surface area (Å²) in [7, 11) is 4.92. The van der Waals surface area contributed by atoms with Crippen LogP contribution in [0.5, 0.6) is 17.2 Å². The van der Waals surface area contributed by atoms with Crippen molar-refractivity contribution in [3.05, 3.63) is 53.3 Å². The molecule has 2 heterocycles. The fourth-order valence-electron chi connectivity index (χ4n) is 4.82. The van der Waals surface area contributed by atoms with E-state index in [0.29, 0.717) is 24.6 Å². The number of ether oxygens (including phenoxy) is 2. The minimum absolute atomic E-state index is 0. The number of phenolic OH excluding ortho intramolecular Hbond substituents is 1. The Labute approximate surface area is 181 Å². The van der Waals surface area contributed by atoms with E-state index in [1.807, 2.05) is 11.0 Å². The Balaban J connectivity index is 0.00000256. The molecule has 0 spiro atoms. The molecule has 1 N–H and O–H groups in total. The van der Waals surface area contributed by atoms with Crippen molar-refractivity contribution in [1.82, 2.24) is 9.80 Å². The zero-order valence-corrected chi connectivity index (χ0v) is 18.0. The van der Waals surface area contributed by atoms with Gasteiger partial charge in [-0.15, -0.1) is 12.4 Å². The molecule has 0 aromatic heterocycles. The number of phenols is 1. The number of carbonyl (C=O) groups is 1. The Morgan fingerprint density at radius 3 is 2.37 bits per heavy atom. The zero-order chi connectivity index (χ0) is 20.7. The summed E-state index contributed by atoms with van der Waals surface area (Å²) < 4.78 is 24.1. The Kier molecular flexibility index (Phi) is 6.43. The van der Waals surface area contributed by atoms with Crippen LogP contribution in [0.2, 0.25) is 0 Å². The number of fused-ring (bicyclic) bond motifs is 1. The molecule has 1 amide bonds. The van der Waals surface area contributed by atoms with E-state index in [1.54, 1.807) is 12.1 Å². The topological polar surface area (TPSA) is 62.2 Å². The highest BCUT2D eigenvalue weighted by atomic mass is 35.5. The molecule has 0 radical (unpaired) electrons. The molecule has 6 nitrogen and oxygen atoms in total. The zero-order valence-electron chi connectivity index (χ0n) is 17.2. The van der Waals surface area contributed by atoms with Gasteiger partial charge in [0.25, 0.3) is 5.91 Å². The van der Waals surface area contributed by atoms with Crippen LogP contribution < -0.4 is 9.47 Å². The number of nitrogens with zero attached hydrogens (tertiary/aromatic N) is 2. The average Bonchev–Trinajstić information content (AvgIpc) is 3.24. The van der Waals surface area contributed by atoms with Crippen molar-refractivity contribution in [3.63, 3.8) is 0 Å². The number of rotatable bonds is 4. The summed E-state index contributed by atoms with van der Waals surface area (Å²) in [5, 5.41) is 10.1. The predicted octanol–water partition coefficient (Wildman–Crippen LogP) is 3.35. The number of hydrogen-bond acceptors (Lipinski definition) is 5. The van der Waals surface area contributed by atoms with Crippen molar-refractivity contribution in [3.8, 4) is 17.2 Å². The monoisotopic (exact) mass is 436 g/mol. The van der Waals surface area contributed by atoms with Gasteiger partial charge in [-0.3, -0.25) is 9.69 Å². The van der Waals surface area contributed by atoms with E-state index in [2.05, 4.69) is 11.9 Å². The van der Waals surface area contributed by atoms with Crippen molar-refractivity contribution < 1.29 is 23.8 Å². The van der Waals surface area contributed by atoms with Crippen LogP contribution in [-0.4, -0.2) is 61.7 Å². The van der Waals surface area contributed by atoms with Crippen LogP contribution in [0.25, 0.3) is 0 Å². The maximum absolute atomic E-state index is 13.8. The third kappa shape index (κ3) is 3.79. The molecule has 162 valence electrons. The Morgan fingerprint density at radius 2 is 1.77 bits per heavy atom. The van der Waals surface area contributed by atoms with Crippen LogP contribution in [-0.2, 0) is 0 Å². The molecule has 2 aromatic rings. The van der Waals surface area contributed by atoms with E-state index in [-0.39, 0.29) is 53.3 Å². The molecule has 0 unspecified atom stereocenters. The lowest BCUT2D eigenvalue weighted by Gasteiger charge is -2.27. The Morgan fingerprint density at radius 1 is 1.10 bits per heavy atom. The molecule has 2 fully saturated rings. The van der Waals surface area contributed by atoms with E-state index in [9.17, 15) is 14.3 Å². The van der Waals surface area contributed by atoms with Crippen LogP contribution in [0.1, 0.15) is 22.0 Å². The lowest BCUT2D eigenvalue weighted by molar-refractivity contribution is 0.0767. The summed E-state index contributed by atoms with van der Waals surface area (Å²) in [4.78, 5) is 17.2. The first kappa shape index (κ1) is 22.2. The van der Waals surface area contributed by atoms with Crippen LogP contribution >= 0.6 is 12.4 Å². The van der Waals surface area contributed by atoms with Crippen LogP contribution in [0, 0.1) is 17.7 Å². The second-order valence-corrected chi connectivity index (χ2v) is 7.80. The van der Waals surface area contributed by atoms with E-state index < -0.39 is 0 Å². The molecule has 4 rings (SSSR count). The highest BCUT2D eigenvalue weighted by Crippen LogP contribution is 2.45. The molecule has 30 heavy (non-hydrogen) atoms. The van der Waals surface area contributed by atoms with Gasteiger partial charge >= 0.3 is 0 Å². The number of aromatic hydroxyl groups is 1. The van der Waals surface area contributed by atoms with Gasteiger partial charge in [0.15, 0.2) is 11.5 Å². The maximum atomic E-state index is 13.8. The van der Waals surface area contributed by atoms with Crippen molar-refractivity contribution in [1.29, 1.82) is 0 Å². The number of benzene rings is 2. The molecule has 2 saturated heterocycles. The van der Waals surface area contributed by atoms with Crippen molar-refractivity contribution in [2.75, 3.05) is 40.9 Å². The fourth-order valence-corrected chi connectivity index (χ4v) is 4.82. The second-order valence-electron chi connectivity index (χ2n) is 7.80. The number of amides is 1. The second kappa shape index (κ2) is 8.70. The van der Waals surface area contributed by atoms with Gasteiger partial charge in [0.1, 0.15) is 5.82 Å². The van der Waals surface area contributed by atoms with Gasteiger partial charge in [-0.2, -0.15) is 0 Å². The van der Waals surface area contributed by atoms with Gasteiger partial charge in [0.2, 0.25) is 5.75 Å². The standard InChI is InChI=1S/C22H25FN2O4.ClH/c1-24-10-15-11-25(12-17(15)20(24)13-5-4-6-16(23)7-13)22(27)14-8-18(28-2)21(26)19(9-14)29-3;/h4-9,15,17,20,26H,10-12H2,1-3H3;1H/t15-,17+,20-;/m0./s1. The summed E-state index contributed by atoms with van der Waals surface area (Å²) in [5.41, 5.74) is 1.36. The predicted molar refractivity (Wildman–Crippen MR) is 113 cm³/mol. The van der Waals surface area contributed by atoms with Gasteiger partial charge in [-0.25, -0.2) is 4.39 Å². The van der Waals surface area contributed by atoms with Gasteiger partial charge in [-0.1, -0.05) is 12.1 Å². The first-order chi connectivity index (χ1) is 13.9. The fraction of sp³-hybridized carbons (Fsp3) is 0.409. The average molecular weight is 437 g/mol. The number of halogens is 2. The van der Waals surface area contributed by atoms with Crippen molar-refractivity contribution in [2.24, 2.45) is 11.8 Å². The van der Waals surface area contributed by atoms with Crippen LogP contribution in [0.15, 0.2) is 36.4 Å². The molecule has 8 heteroatoms. The first-order valence-corrected chi connectivity index (χ1v) is 9.63. The molecule has 2 aromatic carbocycles. The molecular formula is C22H26ClFN2O4. The summed E-state index contributed by atoms with van der Waals surface area (Å²) in [6, 6.07) is 9.87. The van der Waals surface area contributed by atoms with Gasteiger partial charge in [-0.05, 0) is 42.8 Å². The van der Waals surface area contributed by atoms with Crippen molar-refractivity contribution in [2.45, 2.75) is 6.04 Å². The molecule has 3 atom stereocenters. The molecule has 2 aliphatic heterocycles. The molecule has 2 aliphatic rings. The normalized spacial score (nSPS) is 23.1. The van der Waals surface area contributed by atoms with Gasteiger partial charge in [0, 0.05) is 37.2 Å². The third-order valence-electron chi connectivity index (χ3n) is 6.10. The molecule has 0 bridgehead atoms. The summed E-state index contributed by atoms with van der Waals surface area (Å²) in [5.74, 6) is 0.474. The minimum Gasteiger partial charge on any atom is -0.502 e. The Hall–Kier alpha value is -2.51. The molecule has 0 saturated carbocycles. The first-order valence-electron chi connectivity index (χ1n) is 9.63. The smallest absolute Gasteiger partial charge is 0.254 e. The highest BCUT2D eigenvalue weighted by molar-refractivity contribution is 5.96. The highest BCUT2D eigenvalue weighted by Gasteiger charge is 2.47. The van der Waals surface area contributed by atoms with Crippen LogP contribution in [0.4, 0.5) is 4.39 Å². The van der Waals surface area contributed by atoms with E-state index in [1.165, 1.54) is 32.4 Å². The number of carbonyl (C=O) groups excluding carboxylic acids is 1. The molecule has 0 aliphatic carbocycles. The van der Waals surface area contributed by atoms with E-state index in [0.717, 1.165) is 12.1 Å². The summed E-state index contributed by atoms with van der Waals surface area (Å²) in [6.45, 7) is 2.10.